The maximum absolute atomic E-state index is 12.3. The first-order valence-corrected chi connectivity index (χ1v) is 10.4. The SMILES string of the molecule is CCCC(NC(C)=O)(Oc1c(C)cccc1C)C1CCCc2c1ccc(O)c2O. The lowest BCUT2D eigenvalue weighted by Crippen LogP contribution is -2.57. The lowest BCUT2D eigenvalue weighted by Gasteiger charge is -2.44. The highest BCUT2D eigenvalue weighted by Crippen LogP contribution is 2.47. The van der Waals surface area contributed by atoms with Gasteiger partial charge < -0.3 is 20.3 Å². The fraction of sp³-hybridized carbons (Fsp3) is 0.458. The van der Waals surface area contributed by atoms with Crippen molar-refractivity contribution in [2.75, 3.05) is 0 Å². The van der Waals surface area contributed by atoms with Crippen molar-refractivity contribution in [1.29, 1.82) is 0 Å². The Morgan fingerprint density at radius 1 is 1.21 bits per heavy atom. The largest absolute Gasteiger partial charge is 0.504 e. The Kier molecular flexibility index (Phi) is 6.06. The predicted molar refractivity (Wildman–Crippen MR) is 113 cm³/mol. The lowest BCUT2D eigenvalue weighted by molar-refractivity contribution is -0.127. The molecule has 0 saturated carbocycles. The fourth-order valence-electron chi connectivity index (χ4n) is 4.63. The van der Waals surface area contributed by atoms with E-state index in [9.17, 15) is 15.0 Å². The lowest BCUT2D eigenvalue weighted by atomic mass is 9.74. The summed E-state index contributed by atoms with van der Waals surface area (Å²) in [5, 5.41) is 23.5. The van der Waals surface area contributed by atoms with Gasteiger partial charge in [0, 0.05) is 24.8 Å². The first-order chi connectivity index (χ1) is 13.8. The van der Waals surface area contributed by atoms with E-state index in [2.05, 4.69) is 12.2 Å². The fourth-order valence-corrected chi connectivity index (χ4v) is 4.63. The second-order valence-corrected chi connectivity index (χ2v) is 8.09. The predicted octanol–water partition coefficient (Wildman–Crippen LogP) is 4.85. The molecule has 156 valence electrons. The van der Waals surface area contributed by atoms with Gasteiger partial charge >= 0.3 is 0 Å². The van der Waals surface area contributed by atoms with Gasteiger partial charge in [-0.25, -0.2) is 0 Å². The van der Waals surface area contributed by atoms with Crippen molar-refractivity contribution in [3.63, 3.8) is 0 Å². The average Bonchev–Trinajstić information content (AvgIpc) is 2.67. The standard InChI is InChI=1S/C24H31NO4/c1-5-14-24(25-17(4)26,29-23-15(2)8-6-9-16(23)3)20-11-7-10-19-18(20)12-13-21(27)22(19)28/h6,8-9,12-13,20,27-28H,5,7,10-11,14H2,1-4H3,(H,25,26). The molecular weight excluding hydrogens is 366 g/mol. The van der Waals surface area contributed by atoms with Gasteiger partial charge in [-0.05, 0) is 55.9 Å². The van der Waals surface area contributed by atoms with Gasteiger partial charge in [0.15, 0.2) is 17.2 Å². The molecular formula is C24H31NO4. The summed E-state index contributed by atoms with van der Waals surface area (Å²) in [5.41, 5.74) is 2.77. The van der Waals surface area contributed by atoms with E-state index >= 15 is 0 Å². The van der Waals surface area contributed by atoms with Crippen LogP contribution in [0.4, 0.5) is 0 Å². The highest BCUT2D eigenvalue weighted by atomic mass is 16.5. The van der Waals surface area contributed by atoms with Crippen molar-refractivity contribution < 1.29 is 19.7 Å². The first-order valence-electron chi connectivity index (χ1n) is 10.4. The third-order valence-electron chi connectivity index (χ3n) is 5.86. The van der Waals surface area contributed by atoms with Gasteiger partial charge in [0.05, 0.1) is 0 Å². The molecule has 2 aromatic rings. The summed E-state index contributed by atoms with van der Waals surface area (Å²) >= 11 is 0. The number of carbonyl (C=O) groups excluding carboxylic acids is 1. The molecule has 2 aromatic carbocycles. The summed E-state index contributed by atoms with van der Waals surface area (Å²) in [5.74, 6) is 0.318. The normalized spacial score (nSPS) is 17.9. The Balaban J connectivity index is 2.16. The van der Waals surface area contributed by atoms with Crippen LogP contribution in [-0.4, -0.2) is 21.8 Å². The van der Waals surface area contributed by atoms with Gasteiger partial charge in [-0.2, -0.15) is 0 Å². The second-order valence-electron chi connectivity index (χ2n) is 8.09. The summed E-state index contributed by atoms with van der Waals surface area (Å²) in [6.07, 6.45) is 3.81. The molecule has 0 saturated heterocycles. The van der Waals surface area contributed by atoms with Gasteiger partial charge in [-0.1, -0.05) is 37.6 Å². The maximum atomic E-state index is 12.3. The van der Waals surface area contributed by atoms with E-state index in [0.717, 1.165) is 47.3 Å². The monoisotopic (exact) mass is 397 g/mol. The number of hydrogen-bond donors (Lipinski definition) is 3. The zero-order chi connectivity index (χ0) is 21.2. The average molecular weight is 398 g/mol. The van der Waals surface area contributed by atoms with Crippen LogP contribution in [0.3, 0.4) is 0 Å². The molecule has 0 aromatic heterocycles. The van der Waals surface area contributed by atoms with Crippen molar-refractivity contribution in [3.8, 4) is 17.2 Å². The molecule has 0 radical (unpaired) electrons. The minimum absolute atomic E-state index is 0.0625. The quantitative estimate of drug-likeness (QED) is 0.481. The van der Waals surface area contributed by atoms with E-state index in [1.165, 1.54) is 13.0 Å². The molecule has 2 atom stereocenters. The number of fused-ring (bicyclic) bond motifs is 1. The van der Waals surface area contributed by atoms with Crippen LogP contribution in [0, 0.1) is 13.8 Å². The summed E-state index contributed by atoms with van der Waals surface area (Å²) in [7, 11) is 0. The van der Waals surface area contributed by atoms with Crippen molar-refractivity contribution in [3.05, 3.63) is 52.6 Å². The maximum Gasteiger partial charge on any atom is 0.219 e. The summed E-state index contributed by atoms with van der Waals surface area (Å²) < 4.78 is 6.71. The van der Waals surface area contributed by atoms with Crippen molar-refractivity contribution in [2.45, 2.75) is 71.4 Å². The molecule has 3 rings (SSSR count). The van der Waals surface area contributed by atoms with Gasteiger partial charge in [-0.15, -0.1) is 0 Å². The third-order valence-corrected chi connectivity index (χ3v) is 5.86. The zero-order valence-electron chi connectivity index (χ0n) is 17.7. The van der Waals surface area contributed by atoms with E-state index in [0.29, 0.717) is 12.8 Å². The van der Waals surface area contributed by atoms with Crippen LogP contribution in [0.15, 0.2) is 30.3 Å². The van der Waals surface area contributed by atoms with Crippen LogP contribution in [0.25, 0.3) is 0 Å². The number of phenols is 2. The van der Waals surface area contributed by atoms with Gasteiger partial charge in [0.1, 0.15) is 5.75 Å². The number of aromatic hydroxyl groups is 2. The van der Waals surface area contributed by atoms with E-state index in [1.807, 2.05) is 38.1 Å². The molecule has 1 amide bonds. The molecule has 1 aliphatic carbocycles. The molecule has 1 aliphatic rings. The van der Waals surface area contributed by atoms with E-state index in [1.54, 1.807) is 0 Å². The molecule has 0 spiro atoms. The van der Waals surface area contributed by atoms with Gasteiger partial charge in [-0.3, -0.25) is 4.79 Å². The van der Waals surface area contributed by atoms with Gasteiger partial charge in [0.2, 0.25) is 5.91 Å². The minimum atomic E-state index is -0.934. The number of para-hydroxylation sites is 1. The van der Waals surface area contributed by atoms with Crippen LogP contribution >= 0.6 is 0 Å². The van der Waals surface area contributed by atoms with Crippen LogP contribution in [0.1, 0.15) is 67.7 Å². The Hall–Kier alpha value is -2.69. The number of aryl methyl sites for hydroxylation is 2. The molecule has 3 N–H and O–H groups in total. The number of amides is 1. The number of hydrogen-bond acceptors (Lipinski definition) is 4. The number of carbonyl (C=O) groups is 1. The third kappa shape index (κ3) is 4.04. The Morgan fingerprint density at radius 3 is 2.52 bits per heavy atom. The van der Waals surface area contributed by atoms with Crippen molar-refractivity contribution >= 4 is 5.91 Å². The highest BCUT2D eigenvalue weighted by molar-refractivity contribution is 5.74. The summed E-state index contributed by atoms with van der Waals surface area (Å²) in [6.45, 7) is 7.59. The minimum Gasteiger partial charge on any atom is -0.504 e. The summed E-state index contributed by atoms with van der Waals surface area (Å²) in [6, 6.07) is 9.38. The molecule has 5 nitrogen and oxygen atoms in total. The van der Waals surface area contributed by atoms with Gasteiger partial charge in [0.25, 0.3) is 0 Å². The molecule has 2 unspecified atom stereocenters. The van der Waals surface area contributed by atoms with Crippen LogP contribution in [0.2, 0.25) is 0 Å². The highest BCUT2D eigenvalue weighted by Gasteiger charge is 2.45. The number of benzene rings is 2. The Morgan fingerprint density at radius 2 is 1.90 bits per heavy atom. The number of nitrogens with one attached hydrogen (secondary N) is 1. The summed E-state index contributed by atoms with van der Waals surface area (Å²) in [4.78, 5) is 12.3. The topological polar surface area (TPSA) is 78.8 Å². The van der Waals surface area contributed by atoms with E-state index in [-0.39, 0.29) is 23.3 Å². The molecule has 5 heteroatoms. The van der Waals surface area contributed by atoms with Crippen LogP contribution in [0.5, 0.6) is 17.2 Å². The van der Waals surface area contributed by atoms with Crippen molar-refractivity contribution in [1.82, 2.24) is 5.32 Å². The Labute approximate surface area is 172 Å². The first kappa shape index (κ1) is 21.0. The van der Waals surface area contributed by atoms with Crippen LogP contribution < -0.4 is 10.1 Å². The Bertz CT molecular complexity index is 888. The van der Waals surface area contributed by atoms with E-state index in [4.69, 9.17) is 4.74 Å². The van der Waals surface area contributed by atoms with E-state index < -0.39 is 5.72 Å². The molecule has 0 heterocycles. The molecule has 0 bridgehead atoms. The van der Waals surface area contributed by atoms with Crippen molar-refractivity contribution in [2.24, 2.45) is 0 Å². The number of ether oxygens (including phenoxy) is 1. The molecule has 29 heavy (non-hydrogen) atoms. The zero-order valence-corrected chi connectivity index (χ0v) is 17.7. The second kappa shape index (κ2) is 8.36. The smallest absolute Gasteiger partial charge is 0.219 e. The number of phenolic OH excluding ortho intramolecular Hbond substituents is 2. The molecule has 0 fully saturated rings. The molecule has 0 aliphatic heterocycles. The number of rotatable bonds is 6. The van der Waals surface area contributed by atoms with Crippen LogP contribution in [-0.2, 0) is 11.2 Å².